The molecule has 1 N–H and O–H groups in total. The highest BCUT2D eigenvalue weighted by atomic mass is 19.1. The van der Waals surface area contributed by atoms with Crippen LogP contribution in [0.2, 0.25) is 0 Å². The van der Waals surface area contributed by atoms with Gasteiger partial charge in [0.15, 0.2) is 11.6 Å². The minimum absolute atomic E-state index is 0.132. The van der Waals surface area contributed by atoms with E-state index in [1.165, 1.54) is 30.1 Å². The molecule has 1 unspecified atom stereocenters. The Labute approximate surface area is 241 Å². The average Bonchev–Trinajstić information content (AvgIpc) is 3.31. The van der Waals surface area contributed by atoms with Crippen molar-refractivity contribution in [2.45, 2.75) is 19.4 Å². The third-order valence-electron chi connectivity index (χ3n) is 8.62. The van der Waals surface area contributed by atoms with E-state index in [2.05, 4.69) is 42.7 Å². The van der Waals surface area contributed by atoms with Crippen molar-refractivity contribution in [2.24, 2.45) is 10.7 Å². The van der Waals surface area contributed by atoms with Crippen LogP contribution in [0.4, 0.5) is 21.6 Å². The Kier molecular flexibility index (Phi) is 6.82. The first kappa shape index (κ1) is 26.5. The summed E-state index contributed by atoms with van der Waals surface area (Å²) < 4.78 is 25.9. The number of likely N-dealkylation sites (tertiary alicyclic amines) is 1. The third kappa shape index (κ3) is 5.09. The molecule has 1 spiro atoms. The first-order chi connectivity index (χ1) is 20.5. The number of benzene rings is 2. The predicted molar refractivity (Wildman–Crippen MR) is 152 cm³/mol. The van der Waals surface area contributed by atoms with E-state index in [-0.39, 0.29) is 22.6 Å². The summed E-state index contributed by atoms with van der Waals surface area (Å²) in [6.45, 7) is 6.24. The number of hydrazine groups is 1. The van der Waals surface area contributed by atoms with Gasteiger partial charge in [-0.05, 0) is 55.3 Å². The summed E-state index contributed by atoms with van der Waals surface area (Å²) in [5.74, 6) is 0.568. The third-order valence-corrected chi connectivity index (χ3v) is 8.62. The molecule has 3 fully saturated rings. The van der Waals surface area contributed by atoms with Crippen LogP contribution in [-0.2, 0) is 11.3 Å². The van der Waals surface area contributed by atoms with Crippen LogP contribution in [0.1, 0.15) is 28.8 Å². The Balaban J connectivity index is 1.04. The summed E-state index contributed by atoms with van der Waals surface area (Å²) in [6.07, 6.45) is 5.20. The molecule has 1 aromatic heterocycles. The topological polar surface area (TPSA) is 116 Å². The van der Waals surface area contributed by atoms with Crippen molar-refractivity contribution in [1.82, 2.24) is 25.3 Å². The summed E-state index contributed by atoms with van der Waals surface area (Å²) in [4.78, 5) is 38.9. The fourth-order valence-corrected chi connectivity index (χ4v) is 6.45. The number of nitrogens with zero attached hydrogens (tertiary/aromatic N) is 7. The number of fused-ring (bicyclic) bond motifs is 1. The molecule has 1 amide bonds. The van der Waals surface area contributed by atoms with Gasteiger partial charge < -0.3 is 19.3 Å². The number of hydrogen-bond acceptors (Lipinski definition) is 10. The van der Waals surface area contributed by atoms with Gasteiger partial charge in [-0.2, -0.15) is 5.53 Å². The number of morpholine rings is 1. The van der Waals surface area contributed by atoms with Gasteiger partial charge >= 0.3 is 0 Å². The molecule has 42 heavy (non-hydrogen) atoms. The highest BCUT2D eigenvalue weighted by Gasteiger charge is 2.44. The number of anilines is 3. The second-order valence-corrected chi connectivity index (χ2v) is 11.3. The van der Waals surface area contributed by atoms with Crippen molar-refractivity contribution in [3.63, 3.8) is 0 Å². The SMILES string of the molecule is O=NNN1c2ccc(CN3CCC4(CCN(c5ncncc5Oc5ccc(F)cc5C(=O)N5CCOCC5)C4)C3)cc21. The van der Waals surface area contributed by atoms with Crippen LogP contribution in [0.15, 0.2) is 54.2 Å². The number of carbonyl (C=O) groups is 1. The lowest BCUT2D eigenvalue weighted by Gasteiger charge is -2.28. The lowest BCUT2D eigenvalue weighted by Crippen LogP contribution is -2.40. The Morgan fingerprint density at radius 1 is 1.05 bits per heavy atom. The van der Waals surface area contributed by atoms with E-state index >= 15 is 0 Å². The maximum Gasteiger partial charge on any atom is 0.257 e. The van der Waals surface area contributed by atoms with Gasteiger partial charge in [0.2, 0.25) is 0 Å². The molecule has 0 saturated carbocycles. The molecule has 0 bridgehead atoms. The van der Waals surface area contributed by atoms with Gasteiger partial charge in [-0.3, -0.25) is 9.69 Å². The molecule has 218 valence electrons. The average molecular weight is 575 g/mol. The monoisotopic (exact) mass is 574 g/mol. The minimum atomic E-state index is -0.503. The lowest BCUT2D eigenvalue weighted by atomic mass is 9.86. The highest BCUT2D eigenvalue weighted by molar-refractivity contribution is 5.97. The number of rotatable bonds is 8. The van der Waals surface area contributed by atoms with Gasteiger partial charge in [0.1, 0.15) is 17.9 Å². The maximum absolute atomic E-state index is 14.2. The fourth-order valence-electron chi connectivity index (χ4n) is 6.45. The van der Waals surface area contributed by atoms with E-state index < -0.39 is 5.82 Å². The van der Waals surface area contributed by atoms with E-state index in [0.29, 0.717) is 37.9 Å². The number of carbonyl (C=O) groups excluding carboxylic acids is 1. The van der Waals surface area contributed by atoms with Gasteiger partial charge in [0.25, 0.3) is 5.91 Å². The van der Waals surface area contributed by atoms with Crippen molar-refractivity contribution in [2.75, 3.05) is 62.4 Å². The molecule has 1 atom stereocenters. The van der Waals surface area contributed by atoms with Crippen LogP contribution < -0.4 is 20.2 Å². The van der Waals surface area contributed by atoms with E-state index in [1.807, 2.05) is 6.07 Å². The summed E-state index contributed by atoms with van der Waals surface area (Å²) in [5.41, 5.74) is 5.89. The Morgan fingerprint density at radius 3 is 2.76 bits per heavy atom. The molecule has 4 aliphatic rings. The molecule has 3 saturated heterocycles. The molecule has 4 aliphatic heterocycles. The standard InChI is InChI=1S/C29H31FN8O4/c30-21-2-4-25(22(14-21)28(39)36-9-11-41-12-10-36)42-26-15-31-19-32-27(26)37-8-6-29(18-37)5-7-35(17-29)16-20-1-3-23-24(13-20)38(23)33-34-40/h1-4,13-15,19H,5-12,16-18H2,(H,33,40). The van der Waals surface area contributed by atoms with Gasteiger partial charge in [0.05, 0.1) is 41.6 Å². The molecule has 5 heterocycles. The summed E-state index contributed by atoms with van der Waals surface area (Å²) in [6, 6.07) is 10.2. The molecular weight excluding hydrogens is 543 g/mol. The number of aromatic nitrogens is 2. The van der Waals surface area contributed by atoms with Crippen molar-refractivity contribution >= 4 is 23.1 Å². The first-order valence-corrected chi connectivity index (χ1v) is 14.1. The number of ether oxygens (including phenoxy) is 2. The molecule has 12 nitrogen and oxygen atoms in total. The lowest BCUT2D eigenvalue weighted by molar-refractivity contribution is 0.0301. The van der Waals surface area contributed by atoms with Crippen LogP contribution >= 0.6 is 0 Å². The van der Waals surface area contributed by atoms with Crippen LogP contribution in [0, 0.1) is 16.1 Å². The van der Waals surface area contributed by atoms with Gasteiger partial charge in [0, 0.05) is 44.7 Å². The van der Waals surface area contributed by atoms with Crippen molar-refractivity contribution in [3.05, 3.63) is 70.8 Å². The normalized spacial score (nSPS) is 21.5. The second-order valence-electron chi connectivity index (χ2n) is 11.3. The van der Waals surface area contributed by atoms with Crippen molar-refractivity contribution < 1.29 is 18.7 Å². The number of hydrogen-bond donors (Lipinski definition) is 1. The van der Waals surface area contributed by atoms with E-state index in [1.54, 1.807) is 16.1 Å². The highest BCUT2D eigenvalue weighted by Crippen LogP contribution is 2.47. The maximum atomic E-state index is 14.2. The van der Waals surface area contributed by atoms with Crippen LogP contribution in [-0.4, -0.2) is 78.2 Å². The van der Waals surface area contributed by atoms with Crippen molar-refractivity contribution in [3.8, 4) is 11.5 Å². The molecule has 0 radical (unpaired) electrons. The van der Waals surface area contributed by atoms with Gasteiger partial charge in [-0.15, -0.1) is 4.91 Å². The molecule has 3 aromatic rings. The Morgan fingerprint density at radius 2 is 1.90 bits per heavy atom. The molecule has 0 aliphatic carbocycles. The van der Waals surface area contributed by atoms with E-state index in [0.717, 1.165) is 56.9 Å². The first-order valence-electron chi connectivity index (χ1n) is 14.1. The van der Waals surface area contributed by atoms with Crippen LogP contribution in [0.3, 0.4) is 0 Å². The summed E-state index contributed by atoms with van der Waals surface area (Å²) >= 11 is 0. The quantitative estimate of drug-likeness (QED) is 0.243. The summed E-state index contributed by atoms with van der Waals surface area (Å²) in [7, 11) is 0. The number of nitroso groups, excluding NO2 is 1. The van der Waals surface area contributed by atoms with Crippen LogP contribution in [0.5, 0.6) is 11.5 Å². The van der Waals surface area contributed by atoms with Gasteiger partial charge in [-0.25, -0.2) is 19.4 Å². The molecule has 7 rings (SSSR count). The molecule has 2 aromatic carbocycles. The van der Waals surface area contributed by atoms with Gasteiger partial charge in [-0.1, -0.05) is 6.07 Å². The second kappa shape index (κ2) is 10.8. The van der Waals surface area contributed by atoms with Crippen molar-refractivity contribution in [1.29, 1.82) is 0 Å². The number of nitrogens with one attached hydrogen (secondary N) is 1. The largest absolute Gasteiger partial charge is 0.451 e. The molecule has 13 heteroatoms. The number of halogens is 1. The Hall–Kier alpha value is -4.36. The van der Waals surface area contributed by atoms with E-state index in [4.69, 9.17) is 9.47 Å². The zero-order valence-electron chi connectivity index (χ0n) is 23.0. The zero-order chi connectivity index (χ0) is 28.7. The zero-order valence-corrected chi connectivity index (χ0v) is 23.0. The smallest absolute Gasteiger partial charge is 0.257 e. The summed E-state index contributed by atoms with van der Waals surface area (Å²) in [5, 5.41) is 4.42. The van der Waals surface area contributed by atoms with Crippen LogP contribution in [0.25, 0.3) is 0 Å². The predicted octanol–water partition coefficient (Wildman–Crippen LogP) is 3.62. The Bertz CT molecular complexity index is 1520. The number of amides is 1. The van der Waals surface area contributed by atoms with E-state index in [9.17, 15) is 14.1 Å². The fraction of sp³-hybridized carbons (Fsp3) is 0.414. The molecular formula is C29H31FN8O4. The minimum Gasteiger partial charge on any atom is -0.451 e.